The van der Waals surface area contributed by atoms with Gasteiger partial charge in [-0.05, 0) is 51.0 Å². The van der Waals surface area contributed by atoms with Crippen LogP contribution in [-0.2, 0) is 19.1 Å². The summed E-state index contributed by atoms with van der Waals surface area (Å²) in [7, 11) is 0. The largest absolute Gasteiger partial charge is 0.490 e. The summed E-state index contributed by atoms with van der Waals surface area (Å²) in [5.74, 6) is -4.79. The number of amidine groups is 1. The maximum absolute atomic E-state index is 12.1. The average Bonchev–Trinajstić information content (AvgIpc) is 2.89. The number of nitrogens with zero attached hydrogens (tertiary/aromatic N) is 3. The lowest BCUT2D eigenvalue weighted by Gasteiger charge is -2.44. The SMILES string of the molecule is CCOC(=O)C(C)C(C(=O)O)N1CCC(N2CCN(c3ccc(C(=N)N)cc3)CC2)CC1.O=C(O)C(F)(F)F. The first-order valence-electron chi connectivity index (χ1n) is 12.6. The highest BCUT2D eigenvalue weighted by atomic mass is 19.4. The Morgan fingerprint density at radius 1 is 1.05 bits per heavy atom. The second-order valence-electron chi connectivity index (χ2n) is 9.38. The average molecular weight is 560 g/mol. The molecule has 5 N–H and O–H groups in total. The summed E-state index contributed by atoms with van der Waals surface area (Å²) < 4.78 is 36.8. The predicted octanol–water partition coefficient (Wildman–Crippen LogP) is 1.84. The van der Waals surface area contributed by atoms with Crippen molar-refractivity contribution in [2.75, 3.05) is 50.8 Å². The Kier molecular flexibility index (Phi) is 11.5. The third-order valence-corrected chi connectivity index (χ3v) is 6.89. The van der Waals surface area contributed by atoms with Gasteiger partial charge in [0.05, 0.1) is 12.5 Å². The van der Waals surface area contributed by atoms with Gasteiger partial charge in [-0.1, -0.05) is 0 Å². The number of nitrogen functional groups attached to an aromatic ring is 1. The van der Waals surface area contributed by atoms with Crippen LogP contribution in [0.15, 0.2) is 24.3 Å². The number of ether oxygens (including phenoxy) is 1. The first-order chi connectivity index (χ1) is 18.3. The standard InChI is InChI=1S/C23H35N5O4.C2HF3O2/c1-3-32-23(31)16(2)20(22(29)30)28-10-8-19(9-11-28)27-14-12-26(13-15-27)18-6-4-17(5-7-18)21(24)25;3-2(4,5)1(6)7/h4-7,16,19-20H,3,8-15H2,1-2H3,(H3,24,25)(H,29,30);(H,6,7). The number of alkyl halides is 3. The van der Waals surface area contributed by atoms with Crippen LogP contribution in [0, 0.1) is 11.3 Å². The Labute approximate surface area is 224 Å². The molecule has 2 unspecified atom stereocenters. The Hall–Kier alpha value is -3.39. The van der Waals surface area contributed by atoms with E-state index in [0.29, 0.717) is 19.1 Å². The molecule has 11 nitrogen and oxygen atoms in total. The molecule has 218 valence electrons. The number of benzene rings is 1. The van der Waals surface area contributed by atoms with Crippen molar-refractivity contribution >= 4 is 29.4 Å². The Morgan fingerprint density at radius 2 is 1.56 bits per heavy atom. The van der Waals surface area contributed by atoms with Crippen LogP contribution < -0.4 is 10.6 Å². The number of halogens is 3. The third-order valence-electron chi connectivity index (χ3n) is 6.89. The number of rotatable bonds is 8. The molecule has 2 aliphatic heterocycles. The second kappa shape index (κ2) is 14.1. The second-order valence-corrected chi connectivity index (χ2v) is 9.38. The van der Waals surface area contributed by atoms with E-state index in [0.717, 1.165) is 50.3 Å². The molecule has 2 saturated heterocycles. The molecule has 0 bridgehead atoms. The molecule has 0 spiro atoms. The van der Waals surface area contributed by atoms with Gasteiger partial charge in [0.1, 0.15) is 11.9 Å². The number of nitrogens with one attached hydrogen (secondary N) is 1. The monoisotopic (exact) mass is 559 g/mol. The van der Waals surface area contributed by atoms with Crippen LogP contribution in [0.4, 0.5) is 18.9 Å². The molecule has 0 saturated carbocycles. The summed E-state index contributed by atoms with van der Waals surface area (Å²) in [5, 5.41) is 24.4. The zero-order chi connectivity index (χ0) is 29.3. The molecule has 14 heteroatoms. The van der Waals surface area contributed by atoms with Crippen LogP contribution in [0.3, 0.4) is 0 Å². The van der Waals surface area contributed by atoms with Crippen molar-refractivity contribution in [3.05, 3.63) is 29.8 Å². The van der Waals surface area contributed by atoms with Crippen molar-refractivity contribution < 1.29 is 42.5 Å². The first-order valence-corrected chi connectivity index (χ1v) is 12.6. The van der Waals surface area contributed by atoms with E-state index < -0.39 is 36.0 Å². The van der Waals surface area contributed by atoms with E-state index in [1.807, 2.05) is 29.2 Å². The minimum absolute atomic E-state index is 0.0782. The fourth-order valence-electron chi connectivity index (χ4n) is 4.82. The molecule has 2 fully saturated rings. The van der Waals surface area contributed by atoms with Crippen molar-refractivity contribution in [1.29, 1.82) is 5.41 Å². The molecule has 2 aliphatic rings. The van der Waals surface area contributed by atoms with Gasteiger partial charge in [0.2, 0.25) is 0 Å². The van der Waals surface area contributed by atoms with Crippen molar-refractivity contribution in [2.24, 2.45) is 11.7 Å². The number of likely N-dealkylation sites (tertiary alicyclic amines) is 1. The number of nitrogens with two attached hydrogens (primary N) is 1. The number of carboxylic acid groups (broad SMARTS) is 2. The topological polar surface area (TPSA) is 160 Å². The van der Waals surface area contributed by atoms with Gasteiger partial charge in [-0.15, -0.1) is 0 Å². The lowest BCUT2D eigenvalue weighted by Crippen LogP contribution is -2.56. The molecule has 0 amide bonds. The zero-order valence-electron chi connectivity index (χ0n) is 22.0. The Bertz CT molecular complexity index is 991. The number of carbonyl (C=O) groups is 3. The van der Waals surface area contributed by atoms with E-state index in [1.165, 1.54) is 0 Å². The van der Waals surface area contributed by atoms with E-state index in [2.05, 4.69) is 9.80 Å². The number of aliphatic carboxylic acids is 2. The Morgan fingerprint density at radius 3 is 1.97 bits per heavy atom. The fraction of sp³-hybridized carbons (Fsp3) is 0.600. The van der Waals surface area contributed by atoms with E-state index in [1.54, 1.807) is 13.8 Å². The summed E-state index contributed by atoms with van der Waals surface area (Å²) in [5.41, 5.74) is 7.41. The molecule has 39 heavy (non-hydrogen) atoms. The minimum Gasteiger partial charge on any atom is -0.480 e. The number of esters is 1. The number of carbonyl (C=O) groups excluding carboxylic acids is 1. The molecule has 0 aromatic heterocycles. The molecule has 2 heterocycles. The maximum atomic E-state index is 12.1. The van der Waals surface area contributed by atoms with Crippen molar-refractivity contribution in [3.63, 3.8) is 0 Å². The first kappa shape index (κ1) is 31.8. The molecular formula is C25H36F3N5O6. The van der Waals surface area contributed by atoms with Gasteiger partial charge in [-0.25, -0.2) is 4.79 Å². The van der Waals surface area contributed by atoms with Crippen LogP contribution in [0.5, 0.6) is 0 Å². The van der Waals surface area contributed by atoms with Gasteiger partial charge >= 0.3 is 24.1 Å². The number of carboxylic acids is 2. The van der Waals surface area contributed by atoms with Crippen molar-refractivity contribution in [2.45, 2.75) is 44.9 Å². The lowest BCUT2D eigenvalue weighted by molar-refractivity contribution is -0.192. The summed E-state index contributed by atoms with van der Waals surface area (Å²) >= 11 is 0. The molecule has 3 rings (SSSR count). The zero-order valence-corrected chi connectivity index (χ0v) is 22.0. The van der Waals surface area contributed by atoms with E-state index in [-0.39, 0.29) is 12.4 Å². The van der Waals surface area contributed by atoms with Crippen molar-refractivity contribution in [1.82, 2.24) is 9.80 Å². The van der Waals surface area contributed by atoms with Gasteiger partial charge in [0, 0.05) is 56.6 Å². The number of hydrogen-bond donors (Lipinski definition) is 4. The summed E-state index contributed by atoms with van der Waals surface area (Å²) in [6, 6.07) is 7.39. The van der Waals surface area contributed by atoms with Gasteiger partial charge in [0.15, 0.2) is 0 Å². The van der Waals surface area contributed by atoms with Crippen LogP contribution >= 0.6 is 0 Å². The van der Waals surface area contributed by atoms with E-state index in [4.69, 9.17) is 25.8 Å². The van der Waals surface area contributed by atoms with Gasteiger partial charge < -0.3 is 25.6 Å². The molecule has 1 aromatic rings. The smallest absolute Gasteiger partial charge is 0.480 e. The number of piperazine rings is 1. The molecule has 2 atom stereocenters. The maximum Gasteiger partial charge on any atom is 0.490 e. The predicted molar refractivity (Wildman–Crippen MR) is 137 cm³/mol. The summed E-state index contributed by atoms with van der Waals surface area (Å²) in [4.78, 5) is 39.6. The summed E-state index contributed by atoms with van der Waals surface area (Å²) in [6.45, 7) is 8.73. The number of hydrogen-bond acceptors (Lipinski definition) is 8. The van der Waals surface area contributed by atoms with Crippen LogP contribution in [0.2, 0.25) is 0 Å². The van der Waals surface area contributed by atoms with Crippen LogP contribution in [-0.4, -0.2) is 108 Å². The van der Waals surface area contributed by atoms with Crippen LogP contribution in [0.25, 0.3) is 0 Å². The Balaban J connectivity index is 0.000000673. The van der Waals surface area contributed by atoms with Gasteiger partial charge in [-0.3, -0.25) is 24.8 Å². The van der Waals surface area contributed by atoms with Crippen LogP contribution in [0.1, 0.15) is 32.3 Å². The molecule has 0 radical (unpaired) electrons. The van der Waals surface area contributed by atoms with E-state index >= 15 is 0 Å². The van der Waals surface area contributed by atoms with Crippen molar-refractivity contribution in [3.8, 4) is 0 Å². The molecule has 0 aliphatic carbocycles. The quantitative estimate of drug-likeness (QED) is 0.210. The molecular weight excluding hydrogens is 523 g/mol. The highest BCUT2D eigenvalue weighted by molar-refractivity contribution is 5.95. The highest BCUT2D eigenvalue weighted by Gasteiger charge is 2.39. The van der Waals surface area contributed by atoms with Gasteiger partial charge in [-0.2, -0.15) is 13.2 Å². The third kappa shape index (κ3) is 9.10. The summed E-state index contributed by atoms with van der Waals surface area (Å²) in [6.07, 6.45) is -3.29. The van der Waals surface area contributed by atoms with Gasteiger partial charge in [0.25, 0.3) is 0 Å². The highest BCUT2D eigenvalue weighted by Crippen LogP contribution is 2.25. The number of piperidine rings is 1. The normalized spacial score (nSPS) is 18.8. The molecule has 1 aromatic carbocycles. The van der Waals surface area contributed by atoms with E-state index in [9.17, 15) is 27.9 Å². The minimum atomic E-state index is -5.08. The number of anilines is 1. The lowest BCUT2D eigenvalue weighted by atomic mass is 9.95. The fourth-order valence-corrected chi connectivity index (χ4v) is 4.82.